The van der Waals surface area contributed by atoms with E-state index in [0.717, 1.165) is 22.8 Å². The molecule has 2 aromatic rings. The molecule has 0 atom stereocenters. The van der Waals surface area contributed by atoms with Crippen molar-refractivity contribution in [3.63, 3.8) is 0 Å². The van der Waals surface area contributed by atoms with Gasteiger partial charge in [0, 0.05) is 22.6 Å². The number of nitrogens with zero attached hydrogens (tertiary/aromatic N) is 2. The fourth-order valence-electron chi connectivity index (χ4n) is 2.89. The maximum absolute atomic E-state index is 6.15. The van der Waals surface area contributed by atoms with Crippen LogP contribution in [0.25, 0.3) is 0 Å². The highest BCUT2D eigenvalue weighted by Gasteiger charge is 2.22. The third-order valence-corrected chi connectivity index (χ3v) is 6.72. The standard InChI is InChI=1S/C20H25ClN2OS2/c1-20(2,3)17-12-23(11-13-6-5-7-13)19(26-17)22-18(25)15-10-14(21)8-9-16(15)24-4/h8-10,12-13H,5-7,11H2,1-4H3. The summed E-state index contributed by atoms with van der Waals surface area (Å²) >= 11 is 13.5. The molecule has 1 aliphatic rings. The third kappa shape index (κ3) is 4.38. The lowest BCUT2D eigenvalue weighted by atomic mass is 9.85. The van der Waals surface area contributed by atoms with Crippen molar-refractivity contribution in [2.45, 2.75) is 52.0 Å². The monoisotopic (exact) mass is 408 g/mol. The highest BCUT2D eigenvalue weighted by molar-refractivity contribution is 7.80. The zero-order valence-electron chi connectivity index (χ0n) is 15.7. The smallest absolute Gasteiger partial charge is 0.191 e. The van der Waals surface area contributed by atoms with Gasteiger partial charge in [-0.2, -0.15) is 0 Å². The molecule has 1 aliphatic carbocycles. The summed E-state index contributed by atoms with van der Waals surface area (Å²) in [6.45, 7) is 7.71. The van der Waals surface area contributed by atoms with Gasteiger partial charge < -0.3 is 9.30 Å². The Morgan fingerprint density at radius 1 is 1.38 bits per heavy atom. The molecule has 0 spiro atoms. The molecule has 140 valence electrons. The number of benzene rings is 1. The number of halogens is 1. The van der Waals surface area contributed by atoms with E-state index >= 15 is 0 Å². The second-order valence-corrected chi connectivity index (χ2v) is 9.67. The van der Waals surface area contributed by atoms with Crippen molar-refractivity contribution in [3.8, 4) is 5.75 Å². The molecule has 0 amide bonds. The molecular formula is C20H25ClN2OS2. The minimum absolute atomic E-state index is 0.0924. The molecule has 3 nitrogen and oxygen atoms in total. The summed E-state index contributed by atoms with van der Waals surface area (Å²) in [6, 6.07) is 5.45. The molecule has 0 radical (unpaired) electrons. The average molecular weight is 409 g/mol. The Bertz CT molecular complexity index is 873. The summed E-state index contributed by atoms with van der Waals surface area (Å²) < 4.78 is 7.71. The van der Waals surface area contributed by atoms with E-state index in [1.165, 1.54) is 24.1 Å². The minimum Gasteiger partial charge on any atom is -0.496 e. The lowest BCUT2D eigenvalue weighted by molar-refractivity contribution is 0.274. The molecule has 26 heavy (non-hydrogen) atoms. The van der Waals surface area contributed by atoms with Gasteiger partial charge in [0.1, 0.15) is 10.7 Å². The molecule has 0 aliphatic heterocycles. The van der Waals surface area contributed by atoms with E-state index in [1.54, 1.807) is 24.5 Å². The summed E-state index contributed by atoms with van der Waals surface area (Å²) in [7, 11) is 1.63. The lowest BCUT2D eigenvalue weighted by Crippen LogP contribution is -2.24. The molecule has 3 rings (SSSR count). The Morgan fingerprint density at radius 2 is 2.12 bits per heavy atom. The van der Waals surface area contributed by atoms with E-state index in [4.69, 9.17) is 33.5 Å². The Morgan fingerprint density at radius 3 is 2.69 bits per heavy atom. The number of hydrogen-bond acceptors (Lipinski definition) is 3. The number of hydrogen-bond donors (Lipinski definition) is 0. The Balaban J connectivity index is 2.02. The van der Waals surface area contributed by atoms with Gasteiger partial charge in [-0.1, -0.05) is 51.0 Å². The maximum atomic E-state index is 6.15. The number of methoxy groups -OCH3 is 1. The predicted octanol–water partition coefficient (Wildman–Crippen LogP) is 5.59. The quantitative estimate of drug-likeness (QED) is 0.617. The molecular weight excluding hydrogens is 384 g/mol. The Kier molecular flexibility index (Phi) is 5.90. The van der Waals surface area contributed by atoms with Gasteiger partial charge in [0.15, 0.2) is 4.80 Å². The first-order chi connectivity index (χ1) is 12.3. The van der Waals surface area contributed by atoms with E-state index in [2.05, 4.69) is 31.5 Å². The van der Waals surface area contributed by atoms with Crippen LogP contribution in [0.5, 0.6) is 5.75 Å². The number of aromatic nitrogens is 1. The second kappa shape index (κ2) is 7.83. The number of thiazole rings is 1. The van der Waals surface area contributed by atoms with Crippen LogP contribution in [0.3, 0.4) is 0 Å². The van der Waals surface area contributed by atoms with Gasteiger partial charge >= 0.3 is 0 Å². The van der Waals surface area contributed by atoms with Crippen LogP contribution in [0.1, 0.15) is 50.5 Å². The molecule has 1 fully saturated rings. The molecule has 6 heteroatoms. The molecule has 1 aromatic heterocycles. The van der Waals surface area contributed by atoms with Crippen molar-refractivity contribution in [1.82, 2.24) is 4.57 Å². The number of ether oxygens (including phenoxy) is 1. The van der Waals surface area contributed by atoms with Crippen molar-refractivity contribution >= 4 is 40.1 Å². The minimum atomic E-state index is 0.0924. The summed E-state index contributed by atoms with van der Waals surface area (Å²) in [5, 5.41) is 0.627. The Hall–Kier alpha value is -1.17. The van der Waals surface area contributed by atoms with Crippen LogP contribution < -0.4 is 9.54 Å². The van der Waals surface area contributed by atoms with Gasteiger partial charge in [0.05, 0.1) is 12.7 Å². The van der Waals surface area contributed by atoms with Gasteiger partial charge in [-0.15, -0.1) is 11.3 Å². The van der Waals surface area contributed by atoms with Crippen LogP contribution in [0.15, 0.2) is 29.4 Å². The Labute approximate surface area is 169 Å². The zero-order valence-corrected chi connectivity index (χ0v) is 18.1. The van der Waals surface area contributed by atoms with Crippen molar-refractivity contribution < 1.29 is 4.74 Å². The van der Waals surface area contributed by atoms with Gasteiger partial charge in [-0.05, 0) is 42.4 Å². The molecule has 0 N–H and O–H groups in total. The third-order valence-electron chi connectivity index (χ3n) is 4.73. The van der Waals surface area contributed by atoms with Gasteiger partial charge in [0.25, 0.3) is 0 Å². The van der Waals surface area contributed by atoms with Crippen molar-refractivity contribution in [2.24, 2.45) is 10.9 Å². The molecule has 0 bridgehead atoms. The van der Waals surface area contributed by atoms with Crippen molar-refractivity contribution in [3.05, 3.63) is 44.7 Å². The van der Waals surface area contributed by atoms with Crippen molar-refractivity contribution in [2.75, 3.05) is 7.11 Å². The van der Waals surface area contributed by atoms with Crippen LogP contribution >= 0.6 is 35.2 Å². The normalized spacial score (nSPS) is 15.8. The van der Waals surface area contributed by atoms with Gasteiger partial charge in [-0.25, -0.2) is 4.99 Å². The summed E-state index contributed by atoms with van der Waals surface area (Å²) in [6.07, 6.45) is 6.20. The molecule has 0 unspecified atom stereocenters. The van der Waals surface area contributed by atoms with E-state index in [0.29, 0.717) is 15.8 Å². The van der Waals surface area contributed by atoms with Crippen LogP contribution in [0.2, 0.25) is 5.02 Å². The predicted molar refractivity (Wildman–Crippen MR) is 114 cm³/mol. The van der Waals surface area contributed by atoms with E-state index in [9.17, 15) is 0 Å². The topological polar surface area (TPSA) is 26.5 Å². The molecule has 1 saturated carbocycles. The van der Waals surface area contributed by atoms with E-state index in [-0.39, 0.29) is 5.41 Å². The van der Waals surface area contributed by atoms with Gasteiger partial charge in [0.2, 0.25) is 0 Å². The fourth-order valence-corrected chi connectivity index (χ4v) is 4.43. The molecule has 1 heterocycles. The SMILES string of the molecule is COc1ccc(Cl)cc1C(=S)N=c1sc(C(C)(C)C)cn1CC1CCC1. The van der Waals surface area contributed by atoms with Gasteiger partial charge in [-0.3, -0.25) is 0 Å². The van der Waals surface area contributed by atoms with E-state index < -0.39 is 0 Å². The van der Waals surface area contributed by atoms with Crippen LogP contribution in [0.4, 0.5) is 0 Å². The zero-order chi connectivity index (χ0) is 18.9. The molecule has 0 saturated heterocycles. The lowest BCUT2D eigenvalue weighted by Gasteiger charge is -2.25. The van der Waals surface area contributed by atoms with Crippen LogP contribution in [-0.2, 0) is 12.0 Å². The summed E-state index contributed by atoms with van der Waals surface area (Å²) in [5.74, 6) is 1.45. The van der Waals surface area contributed by atoms with E-state index in [1.807, 2.05) is 12.1 Å². The first-order valence-corrected chi connectivity index (χ1v) is 10.5. The average Bonchev–Trinajstić information content (AvgIpc) is 2.94. The van der Waals surface area contributed by atoms with Crippen LogP contribution in [0, 0.1) is 5.92 Å². The number of thiocarbonyl (C=S) groups is 1. The van der Waals surface area contributed by atoms with Crippen molar-refractivity contribution in [1.29, 1.82) is 0 Å². The summed E-state index contributed by atoms with van der Waals surface area (Å²) in [4.78, 5) is 7.58. The first kappa shape index (κ1) is 19.6. The maximum Gasteiger partial charge on any atom is 0.191 e. The highest BCUT2D eigenvalue weighted by atomic mass is 35.5. The first-order valence-electron chi connectivity index (χ1n) is 8.91. The largest absolute Gasteiger partial charge is 0.496 e. The molecule has 1 aromatic carbocycles. The summed E-state index contributed by atoms with van der Waals surface area (Å²) in [5.41, 5.74) is 0.853. The fraction of sp³-hybridized carbons (Fsp3) is 0.500. The second-order valence-electron chi connectivity index (χ2n) is 7.84. The highest BCUT2D eigenvalue weighted by Crippen LogP contribution is 2.30. The van der Waals surface area contributed by atoms with Crippen LogP contribution in [-0.4, -0.2) is 16.7 Å². The number of rotatable bonds is 4.